The van der Waals surface area contributed by atoms with Gasteiger partial charge in [-0.3, -0.25) is 0 Å². The summed E-state index contributed by atoms with van der Waals surface area (Å²) >= 11 is 0. The molecule has 146 valence electrons. The van der Waals surface area contributed by atoms with Gasteiger partial charge in [0.15, 0.2) is 0 Å². The Morgan fingerprint density at radius 3 is 2.38 bits per heavy atom. The molecule has 4 rings (SSSR count). The molecule has 2 heteroatoms. The van der Waals surface area contributed by atoms with Crippen LogP contribution in [0.5, 0.6) is 5.75 Å². The summed E-state index contributed by atoms with van der Waals surface area (Å²) in [5, 5.41) is 6.09. The van der Waals surface area contributed by atoms with E-state index in [0.29, 0.717) is 6.61 Å². The lowest BCUT2D eigenvalue weighted by atomic mass is 10.0. The standard InChI is InChI=1S/C27H27NO/c1-19-11-13-22(14-12-19)18-29-27-16-15-23-8-4-5-9-24(23)25(27)17-28-26-10-6-7-20(2)21(26)3/h4-16,28H,17-18H2,1-3H3. The molecule has 0 saturated carbocycles. The largest absolute Gasteiger partial charge is 0.489 e. The number of rotatable bonds is 6. The number of aryl methyl sites for hydroxylation is 2. The van der Waals surface area contributed by atoms with Crippen LogP contribution in [-0.4, -0.2) is 0 Å². The Balaban J connectivity index is 1.63. The Labute approximate surface area is 173 Å². The van der Waals surface area contributed by atoms with E-state index >= 15 is 0 Å². The van der Waals surface area contributed by atoms with Gasteiger partial charge in [-0.25, -0.2) is 0 Å². The summed E-state index contributed by atoms with van der Waals surface area (Å²) in [5.74, 6) is 0.932. The van der Waals surface area contributed by atoms with Crippen molar-refractivity contribution in [2.45, 2.75) is 33.9 Å². The highest BCUT2D eigenvalue weighted by Gasteiger charge is 2.10. The van der Waals surface area contributed by atoms with Crippen LogP contribution in [0.1, 0.15) is 27.8 Å². The summed E-state index contributed by atoms with van der Waals surface area (Å²) in [5.41, 5.74) is 7.38. The van der Waals surface area contributed by atoms with Gasteiger partial charge >= 0.3 is 0 Å². The van der Waals surface area contributed by atoms with Crippen molar-refractivity contribution >= 4 is 16.5 Å². The Kier molecular flexibility index (Phi) is 5.53. The second-order valence-corrected chi connectivity index (χ2v) is 7.64. The molecule has 0 atom stereocenters. The van der Waals surface area contributed by atoms with E-state index < -0.39 is 0 Å². The Hall–Kier alpha value is -3.26. The fraction of sp³-hybridized carbons (Fsp3) is 0.185. The molecular formula is C27H27NO. The summed E-state index contributed by atoms with van der Waals surface area (Å²) in [6.07, 6.45) is 0. The first-order valence-electron chi connectivity index (χ1n) is 10.1. The summed E-state index contributed by atoms with van der Waals surface area (Å²) < 4.78 is 6.27. The van der Waals surface area contributed by atoms with Crippen LogP contribution in [0.3, 0.4) is 0 Å². The molecule has 0 fully saturated rings. The smallest absolute Gasteiger partial charge is 0.125 e. The highest BCUT2D eigenvalue weighted by Crippen LogP contribution is 2.30. The van der Waals surface area contributed by atoms with Gasteiger partial charge in [-0.1, -0.05) is 72.3 Å². The third kappa shape index (κ3) is 4.27. The van der Waals surface area contributed by atoms with Crippen molar-refractivity contribution in [3.8, 4) is 5.75 Å². The van der Waals surface area contributed by atoms with Crippen molar-refractivity contribution < 1.29 is 4.74 Å². The van der Waals surface area contributed by atoms with Gasteiger partial charge in [-0.2, -0.15) is 0 Å². The van der Waals surface area contributed by atoms with Crippen LogP contribution >= 0.6 is 0 Å². The quantitative estimate of drug-likeness (QED) is 0.390. The second kappa shape index (κ2) is 8.40. The average molecular weight is 382 g/mol. The molecule has 0 saturated heterocycles. The Bertz CT molecular complexity index is 1130. The number of hydrogen-bond acceptors (Lipinski definition) is 2. The normalized spacial score (nSPS) is 10.9. The summed E-state index contributed by atoms with van der Waals surface area (Å²) in [7, 11) is 0. The molecule has 0 radical (unpaired) electrons. The fourth-order valence-electron chi connectivity index (χ4n) is 3.61. The van der Waals surface area contributed by atoms with Crippen molar-refractivity contribution in [2.24, 2.45) is 0 Å². The van der Waals surface area contributed by atoms with Gasteiger partial charge in [0.25, 0.3) is 0 Å². The topological polar surface area (TPSA) is 21.3 Å². The maximum absolute atomic E-state index is 6.27. The van der Waals surface area contributed by atoms with Crippen molar-refractivity contribution in [3.63, 3.8) is 0 Å². The van der Waals surface area contributed by atoms with Crippen molar-refractivity contribution in [1.82, 2.24) is 0 Å². The molecule has 0 aromatic heterocycles. The lowest BCUT2D eigenvalue weighted by Crippen LogP contribution is -2.06. The summed E-state index contributed by atoms with van der Waals surface area (Å²) in [4.78, 5) is 0. The molecule has 0 bridgehead atoms. The predicted molar refractivity (Wildman–Crippen MR) is 123 cm³/mol. The number of ether oxygens (including phenoxy) is 1. The first kappa shape index (κ1) is 19.1. The predicted octanol–water partition coefficient (Wildman–Crippen LogP) is 6.96. The van der Waals surface area contributed by atoms with Gasteiger partial charge in [0.2, 0.25) is 0 Å². The van der Waals surface area contributed by atoms with E-state index in [4.69, 9.17) is 4.74 Å². The third-order valence-electron chi connectivity index (χ3n) is 5.57. The zero-order valence-electron chi connectivity index (χ0n) is 17.3. The zero-order chi connectivity index (χ0) is 20.2. The molecule has 0 aliphatic carbocycles. The van der Waals surface area contributed by atoms with E-state index in [1.165, 1.54) is 44.3 Å². The van der Waals surface area contributed by atoms with Crippen molar-refractivity contribution in [1.29, 1.82) is 0 Å². The Morgan fingerprint density at radius 2 is 1.55 bits per heavy atom. The van der Waals surface area contributed by atoms with Crippen molar-refractivity contribution in [3.05, 3.63) is 107 Å². The van der Waals surface area contributed by atoms with Gasteiger partial charge in [-0.05, 0) is 60.4 Å². The maximum atomic E-state index is 6.27. The zero-order valence-corrected chi connectivity index (χ0v) is 17.3. The van der Waals surface area contributed by atoms with Crippen LogP contribution < -0.4 is 10.1 Å². The molecule has 1 N–H and O–H groups in total. The van der Waals surface area contributed by atoms with Gasteiger partial charge in [0, 0.05) is 17.8 Å². The first-order valence-corrected chi connectivity index (χ1v) is 10.1. The number of nitrogens with one attached hydrogen (secondary N) is 1. The molecule has 0 spiro atoms. The molecule has 4 aromatic carbocycles. The fourth-order valence-corrected chi connectivity index (χ4v) is 3.61. The number of hydrogen-bond donors (Lipinski definition) is 1. The number of benzene rings is 4. The number of anilines is 1. The SMILES string of the molecule is Cc1ccc(COc2ccc3ccccc3c2CNc2cccc(C)c2C)cc1. The van der Waals surface area contributed by atoms with Crippen LogP contribution in [0, 0.1) is 20.8 Å². The van der Waals surface area contributed by atoms with Crippen LogP contribution in [-0.2, 0) is 13.2 Å². The molecule has 0 amide bonds. The molecule has 29 heavy (non-hydrogen) atoms. The second-order valence-electron chi connectivity index (χ2n) is 7.64. The lowest BCUT2D eigenvalue weighted by molar-refractivity contribution is 0.304. The van der Waals surface area contributed by atoms with E-state index in [1.54, 1.807) is 0 Å². The first-order chi connectivity index (χ1) is 14.1. The minimum absolute atomic E-state index is 0.565. The molecule has 0 heterocycles. The van der Waals surface area contributed by atoms with Crippen LogP contribution in [0.15, 0.2) is 78.9 Å². The lowest BCUT2D eigenvalue weighted by Gasteiger charge is -2.17. The minimum Gasteiger partial charge on any atom is -0.489 e. The average Bonchev–Trinajstić information content (AvgIpc) is 2.74. The Morgan fingerprint density at radius 1 is 0.759 bits per heavy atom. The van der Waals surface area contributed by atoms with Crippen molar-refractivity contribution in [2.75, 3.05) is 5.32 Å². The minimum atomic E-state index is 0.565. The maximum Gasteiger partial charge on any atom is 0.125 e. The van der Waals surface area contributed by atoms with Gasteiger partial charge in [-0.15, -0.1) is 0 Å². The highest BCUT2D eigenvalue weighted by atomic mass is 16.5. The molecule has 0 aliphatic heterocycles. The van der Waals surface area contributed by atoms with Crippen LogP contribution in [0.2, 0.25) is 0 Å². The van der Waals surface area contributed by atoms with Gasteiger partial charge < -0.3 is 10.1 Å². The van der Waals surface area contributed by atoms with Crippen LogP contribution in [0.4, 0.5) is 5.69 Å². The van der Waals surface area contributed by atoms with E-state index in [0.717, 1.165) is 12.3 Å². The third-order valence-corrected chi connectivity index (χ3v) is 5.57. The molecule has 0 aliphatic rings. The highest BCUT2D eigenvalue weighted by molar-refractivity contribution is 5.88. The summed E-state index contributed by atoms with van der Waals surface area (Å²) in [6.45, 7) is 7.69. The number of fused-ring (bicyclic) bond motifs is 1. The molecule has 4 aromatic rings. The molecule has 0 unspecified atom stereocenters. The monoisotopic (exact) mass is 381 g/mol. The van der Waals surface area contributed by atoms with Gasteiger partial charge in [0.1, 0.15) is 12.4 Å². The van der Waals surface area contributed by atoms with Gasteiger partial charge in [0.05, 0.1) is 0 Å². The van der Waals surface area contributed by atoms with E-state index in [1.807, 2.05) is 0 Å². The van der Waals surface area contributed by atoms with E-state index in [2.05, 4.69) is 105 Å². The summed E-state index contributed by atoms with van der Waals surface area (Å²) in [6, 6.07) is 27.6. The molecule has 2 nitrogen and oxygen atoms in total. The van der Waals surface area contributed by atoms with Crippen LogP contribution in [0.25, 0.3) is 10.8 Å². The van der Waals surface area contributed by atoms with E-state index in [9.17, 15) is 0 Å². The van der Waals surface area contributed by atoms with E-state index in [-0.39, 0.29) is 0 Å². The molecular weight excluding hydrogens is 354 g/mol.